The molecule has 0 spiro atoms. The molecule has 29 heteroatoms. The standard InChI is InChI=1S/C47H86N7O18P3S/c1-4-5-6-7-8-9-10-11-12-13-14-15-16-17-18-19-20-21-22-23-24-25-35(55)30-38(57)76-29-28-49-37(56)26-27-50-45(60)42(59)47(2,3)32-69-75(66,67)72-74(64,65)68-31-36-41(71-73(61,62)63)40(58)46(70-36)54-34-53-39-43(48)51-33-52-44(39)54/h33-36,40-42,46,55,58-59H,4-32H2,1-3H3,(H,49,56)(H,50,60)(H,64,65)(H,66,67)(H2,48,51,52)(H2,61,62,63)/t35-,36+,40+,41+,42-,46+/m0/s1. The lowest BCUT2D eigenvalue weighted by atomic mass is 9.87. The van der Waals surface area contributed by atoms with Crippen LogP contribution in [0.3, 0.4) is 0 Å². The molecule has 11 N–H and O–H groups in total. The molecule has 0 aromatic carbocycles. The average Bonchev–Trinajstić information content (AvgIpc) is 3.91. The Labute approximate surface area is 450 Å². The summed E-state index contributed by atoms with van der Waals surface area (Å²) in [6.07, 6.45) is 20.2. The van der Waals surface area contributed by atoms with E-state index in [1.54, 1.807) is 0 Å². The molecule has 0 bridgehead atoms. The molecule has 0 radical (unpaired) electrons. The van der Waals surface area contributed by atoms with Gasteiger partial charge >= 0.3 is 23.5 Å². The maximum Gasteiger partial charge on any atom is 0.481 e. The van der Waals surface area contributed by atoms with E-state index in [0.717, 1.165) is 48.2 Å². The second-order valence-corrected chi connectivity index (χ2v) is 25.4. The number of hydrogen-bond acceptors (Lipinski definition) is 19. The molecule has 2 aromatic heterocycles. The Morgan fingerprint density at radius 1 is 0.789 bits per heavy atom. The van der Waals surface area contributed by atoms with Gasteiger partial charge in [0, 0.05) is 37.1 Å². The van der Waals surface area contributed by atoms with E-state index in [9.17, 15) is 63.0 Å². The van der Waals surface area contributed by atoms with E-state index in [1.165, 1.54) is 129 Å². The van der Waals surface area contributed by atoms with Crippen LogP contribution < -0.4 is 16.4 Å². The number of carbonyl (C=O) groups is 3. The summed E-state index contributed by atoms with van der Waals surface area (Å²) in [6, 6.07) is 0. The minimum absolute atomic E-state index is 0.0275. The molecule has 2 amide bonds. The number of ether oxygens (including phenoxy) is 1. The van der Waals surface area contributed by atoms with E-state index in [0.29, 0.717) is 6.42 Å². The van der Waals surface area contributed by atoms with E-state index in [4.69, 9.17) is 19.5 Å². The summed E-state index contributed by atoms with van der Waals surface area (Å²) in [5.74, 6) is -1.21. The second kappa shape index (κ2) is 35.3. The molecule has 2 unspecified atom stereocenters. The maximum absolute atomic E-state index is 12.8. The van der Waals surface area contributed by atoms with Crippen molar-refractivity contribution in [2.24, 2.45) is 5.41 Å². The Morgan fingerprint density at radius 3 is 1.88 bits per heavy atom. The second-order valence-electron chi connectivity index (χ2n) is 20.0. The molecule has 438 valence electrons. The number of anilines is 1. The lowest BCUT2D eigenvalue weighted by Gasteiger charge is -2.30. The fourth-order valence-electron chi connectivity index (χ4n) is 8.46. The highest BCUT2D eigenvalue weighted by Gasteiger charge is 2.50. The first-order valence-corrected chi connectivity index (χ1v) is 32.2. The molecular formula is C47H86N7O18P3S. The zero-order chi connectivity index (χ0) is 56.2. The number of hydrogen-bond donors (Lipinski definition) is 10. The van der Waals surface area contributed by atoms with Gasteiger partial charge in [0.05, 0.1) is 25.6 Å². The van der Waals surface area contributed by atoms with Crippen LogP contribution in [0.2, 0.25) is 0 Å². The number of phosphoric ester groups is 3. The predicted molar refractivity (Wildman–Crippen MR) is 285 cm³/mol. The summed E-state index contributed by atoms with van der Waals surface area (Å²) in [5, 5.41) is 36.8. The Bertz CT molecular complexity index is 2180. The monoisotopic (exact) mass is 1160 g/mol. The van der Waals surface area contributed by atoms with Crippen molar-refractivity contribution in [3.8, 4) is 0 Å². The summed E-state index contributed by atoms with van der Waals surface area (Å²) < 4.78 is 62.5. The first kappa shape index (κ1) is 67.8. The fourth-order valence-corrected chi connectivity index (χ4v) is 12.0. The van der Waals surface area contributed by atoms with Crippen LogP contribution in [-0.4, -0.2) is 134 Å². The summed E-state index contributed by atoms with van der Waals surface area (Å²) in [4.78, 5) is 88.7. The van der Waals surface area contributed by atoms with E-state index in [1.807, 2.05) is 0 Å². The van der Waals surface area contributed by atoms with Gasteiger partial charge < -0.3 is 56.0 Å². The van der Waals surface area contributed by atoms with Gasteiger partial charge in [-0.3, -0.25) is 32.5 Å². The van der Waals surface area contributed by atoms with Crippen LogP contribution in [0.15, 0.2) is 12.7 Å². The maximum atomic E-state index is 12.8. The number of rotatable bonds is 43. The zero-order valence-corrected chi connectivity index (χ0v) is 47.9. The normalized spacial score (nSPS) is 19.6. The summed E-state index contributed by atoms with van der Waals surface area (Å²) in [5.41, 5.74) is 4.27. The number of nitrogens with zero attached hydrogens (tertiary/aromatic N) is 4. The number of carbonyl (C=O) groups excluding carboxylic acids is 3. The van der Waals surface area contributed by atoms with Gasteiger partial charge in [0.2, 0.25) is 11.8 Å². The van der Waals surface area contributed by atoms with E-state index in [-0.39, 0.29) is 53.8 Å². The van der Waals surface area contributed by atoms with Crippen LogP contribution in [0.4, 0.5) is 5.82 Å². The Balaban J connectivity index is 1.22. The third-order valence-electron chi connectivity index (χ3n) is 12.8. The predicted octanol–water partition coefficient (Wildman–Crippen LogP) is 7.02. The number of thioether (sulfide) groups is 1. The molecule has 25 nitrogen and oxygen atoms in total. The highest BCUT2D eigenvalue weighted by Crippen LogP contribution is 2.61. The van der Waals surface area contributed by atoms with Gasteiger partial charge in [-0.05, 0) is 6.42 Å². The van der Waals surface area contributed by atoms with Gasteiger partial charge in [-0.15, -0.1) is 0 Å². The van der Waals surface area contributed by atoms with E-state index < -0.39 is 90.7 Å². The molecule has 3 heterocycles. The number of nitrogens with one attached hydrogen (secondary N) is 2. The molecule has 1 fully saturated rings. The number of amides is 2. The lowest BCUT2D eigenvalue weighted by Crippen LogP contribution is -2.46. The first-order chi connectivity index (χ1) is 35.9. The Kier molecular flexibility index (Phi) is 31.5. The van der Waals surface area contributed by atoms with Crippen LogP contribution in [0.25, 0.3) is 11.2 Å². The highest BCUT2D eigenvalue weighted by molar-refractivity contribution is 8.13. The van der Waals surface area contributed by atoms with Crippen molar-refractivity contribution >= 4 is 69.1 Å². The van der Waals surface area contributed by atoms with Crippen molar-refractivity contribution in [2.45, 2.75) is 212 Å². The number of nitrogens with two attached hydrogens (primary N) is 1. The van der Waals surface area contributed by atoms with Crippen molar-refractivity contribution < 1.29 is 85.6 Å². The third kappa shape index (κ3) is 27.1. The van der Waals surface area contributed by atoms with Gasteiger partial charge in [-0.25, -0.2) is 28.6 Å². The van der Waals surface area contributed by atoms with Crippen molar-refractivity contribution in [2.75, 3.05) is 37.8 Å². The first-order valence-electron chi connectivity index (χ1n) is 26.7. The quantitative estimate of drug-likeness (QED) is 0.0235. The van der Waals surface area contributed by atoms with Crippen LogP contribution in [0, 0.1) is 5.41 Å². The summed E-state index contributed by atoms with van der Waals surface area (Å²) in [7, 11) is -16.4. The number of unbranched alkanes of at least 4 members (excludes halogenated alkanes) is 20. The largest absolute Gasteiger partial charge is 0.481 e. The van der Waals surface area contributed by atoms with Crippen LogP contribution in [-0.2, 0) is 50.7 Å². The topological polar surface area (TPSA) is 384 Å². The Hall–Kier alpha value is -2.48. The van der Waals surface area contributed by atoms with Crippen molar-refractivity contribution in [1.82, 2.24) is 30.2 Å². The lowest BCUT2D eigenvalue weighted by molar-refractivity contribution is -0.137. The minimum Gasteiger partial charge on any atom is -0.393 e. The number of aliphatic hydroxyl groups is 3. The van der Waals surface area contributed by atoms with Crippen LogP contribution >= 0.6 is 35.2 Å². The van der Waals surface area contributed by atoms with Crippen LogP contribution in [0.5, 0.6) is 0 Å². The van der Waals surface area contributed by atoms with Crippen molar-refractivity contribution in [3.63, 3.8) is 0 Å². The number of nitrogen functional groups attached to an aromatic ring is 1. The summed E-state index contributed by atoms with van der Waals surface area (Å²) >= 11 is 1.01. The van der Waals surface area contributed by atoms with Gasteiger partial charge in [-0.1, -0.05) is 167 Å². The number of imidazole rings is 1. The van der Waals surface area contributed by atoms with Crippen molar-refractivity contribution in [3.05, 3.63) is 12.7 Å². The molecular weight excluding hydrogens is 1080 g/mol. The van der Waals surface area contributed by atoms with E-state index in [2.05, 4.69) is 41.3 Å². The highest BCUT2D eigenvalue weighted by atomic mass is 32.2. The molecule has 0 aliphatic carbocycles. The molecule has 0 saturated carbocycles. The molecule has 8 atom stereocenters. The Morgan fingerprint density at radius 2 is 1.33 bits per heavy atom. The summed E-state index contributed by atoms with van der Waals surface area (Å²) in [6.45, 7) is 2.68. The van der Waals surface area contributed by atoms with Gasteiger partial charge in [-0.2, -0.15) is 4.31 Å². The number of aromatic nitrogens is 4. The third-order valence-corrected chi connectivity index (χ3v) is 16.8. The van der Waals surface area contributed by atoms with Crippen molar-refractivity contribution in [1.29, 1.82) is 0 Å². The molecule has 2 aromatic rings. The molecule has 3 rings (SSSR count). The fraction of sp³-hybridized carbons (Fsp3) is 0.830. The van der Waals surface area contributed by atoms with Gasteiger partial charge in [0.25, 0.3) is 0 Å². The zero-order valence-electron chi connectivity index (χ0n) is 44.4. The van der Waals surface area contributed by atoms with Gasteiger partial charge in [0.1, 0.15) is 36.3 Å². The molecule has 1 aliphatic rings. The molecule has 1 aliphatic heterocycles. The van der Waals surface area contributed by atoms with Crippen LogP contribution in [0.1, 0.15) is 181 Å². The van der Waals surface area contributed by atoms with Gasteiger partial charge in [0.15, 0.2) is 22.8 Å². The average molecular weight is 1160 g/mol. The number of aliphatic hydroxyl groups excluding tert-OH is 3. The minimum atomic E-state index is -5.59. The smallest absolute Gasteiger partial charge is 0.393 e. The number of fused-ring (bicyclic) bond motifs is 1. The molecule has 76 heavy (non-hydrogen) atoms. The SMILES string of the molecule is CCCCCCCCCCCCCCCCCCCCCCC[C@H](O)CC(=O)SCCNC(=O)CCNC(=O)[C@H](O)C(C)(C)COP(=O)(O)OP(=O)(O)OC[C@H]1O[C@@H](n2cnc3c(N)ncnc32)[C@H](O)[C@@H]1OP(=O)(O)O. The molecule has 1 saturated heterocycles. The number of phosphoric acid groups is 3. The van der Waals surface area contributed by atoms with E-state index >= 15 is 0 Å².